The smallest absolute Gasteiger partial charge is 0.292 e. The Bertz CT molecular complexity index is 499. The minimum absolute atomic E-state index is 0.436. The summed E-state index contributed by atoms with van der Waals surface area (Å²) in [4.78, 5) is 17.3. The highest BCUT2D eigenvalue weighted by atomic mass is 19.1. The number of unbranched alkanes of at least 4 members (excludes halogenated alkanes) is 2. The van der Waals surface area contributed by atoms with Crippen LogP contribution in [0.25, 0.3) is 0 Å². The number of rotatable bonds is 8. The molecule has 1 N–H and O–H groups in total. The molecule has 0 aromatic carbocycles. The maximum absolute atomic E-state index is 14.0. The molecule has 0 saturated carbocycles. The molecule has 6 heteroatoms. The van der Waals surface area contributed by atoms with Gasteiger partial charge in [-0.3, -0.25) is 4.79 Å². The number of hydrogen-bond donors (Lipinski definition) is 1. The van der Waals surface area contributed by atoms with Gasteiger partial charge in [0.1, 0.15) is 0 Å². The van der Waals surface area contributed by atoms with Gasteiger partial charge in [-0.1, -0.05) is 26.2 Å². The maximum Gasteiger partial charge on any atom is 0.292 e. The third-order valence-corrected chi connectivity index (χ3v) is 3.81. The average Bonchev–Trinajstić information content (AvgIpc) is 3.06. The van der Waals surface area contributed by atoms with E-state index in [0.29, 0.717) is 25.9 Å². The Hall–Kier alpha value is -1.85. The topological polar surface area (TPSA) is 58.4 Å². The molecule has 1 aliphatic rings. The van der Waals surface area contributed by atoms with Gasteiger partial charge in [0.25, 0.3) is 5.91 Å². The van der Waals surface area contributed by atoms with Crippen molar-refractivity contribution in [1.82, 2.24) is 14.5 Å². The van der Waals surface area contributed by atoms with E-state index < -0.39 is 23.5 Å². The fourth-order valence-electron chi connectivity index (χ4n) is 2.64. The number of imidazole rings is 1. The monoisotopic (exact) mass is 295 g/mol. The summed E-state index contributed by atoms with van der Waals surface area (Å²) in [6.07, 6.45) is 9.42. The number of hydrogen-bond acceptors (Lipinski definition) is 3. The van der Waals surface area contributed by atoms with Crippen molar-refractivity contribution in [3.8, 4) is 0 Å². The molecule has 1 amide bonds. The molecule has 21 heavy (non-hydrogen) atoms. The molecule has 0 saturated heterocycles. The summed E-state index contributed by atoms with van der Waals surface area (Å²) in [5.41, 5.74) is 0. The molecular weight excluding hydrogens is 273 g/mol. The Balaban J connectivity index is 1.90. The van der Waals surface area contributed by atoms with Crippen LogP contribution in [-0.2, 0) is 11.3 Å². The van der Waals surface area contributed by atoms with Crippen LogP contribution in [0.2, 0.25) is 0 Å². The number of aliphatic hydroxyl groups excluding tert-OH is 1. The van der Waals surface area contributed by atoms with Gasteiger partial charge in [0.05, 0.1) is 12.4 Å². The van der Waals surface area contributed by atoms with Crippen LogP contribution in [-0.4, -0.2) is 38.1 Å². The first kappa shape index (κ1) is 15.5. The van der Waals surface area contributed by atoms with Crippen molar-refractivity contribution >= 4 is 5.91 Å². The van der Waals surface area contributed by atoms with Gasteiger partial charge in [-0.25, -0.2) is 9.37 Å². The van der Waals surface area contributed by atoms with E-state index in [2.05, 4.69) is 11.9 Å². The molecule has 0 radical (unpaired) electrons. The quantitative estimate of drug-likeness (QED) is 0.750. The lowest BCUT2D eigenvalue weighted by Gasteiger charge is -2.24. The summed E-state index contributed by atoms with van der Waals surface area (Å²) < 4.78 is 15.9. The molecule has 1 unspecified atom stereocenters. The second-order valence-corrected chi connectivity index (χ2v) is 5.36. The normalized spacial score (nSPS) is 18.9. The highest BCUT2D eigenvalue weighted by Gasteiger charge is 2.39. The number of aromatic nitrogens is 2. The molecule has 116 valence electrons. The van der Waals surface area contributed by atoms with Crippen LogP contribution < -0.4 is 0 Å². The largest absolute Gasteiger partial charge is 0.501 e. The lowest BCUT2D eigenvalue weighted by molar-refractivity contribution is -0.129. The van der Waals surface area contributed by atoms with E-state index in [9.17, 15) is 14.3 Å². The molecule has 1 aromatic heterocycles. The molecule has 2 rings (SSSR count). The zero-order valence-corrected chi connectivity index (χ0v) is 12.3. The molecule has 1 aromatic rings. The second kappa shape index (κ2) is 7.24. The standard InChI is InChI=1S/C15H22FN3O2/c1-2-3-4-6-12-13(16)14(20)15(21)19(12)9-5-8-18-10-7-17-11-18/h7,10-12,20H,2-6,8-9H2,1H3. The molecular formula is C15H22FN3O2. The van der Waals surface area contributed by atoms with Crippen molar-refractivity contribution in [2.24, 2.45) is 0 Å². The van der Waals surface area contributed by atoms with Crippen molar-refractivity contribution in [3.63, 3.8) is 0 Å². The number of carbonyl (C=O) groups is 1. The Labute approximate surface area is 124 Å². The van der Waals surface area contributed by atoms with Gasteiger partial charge in [0.15, 0.2) is 5.83 Å². The lowest BCUT2D eigenvalue weighted by atomic mass is 10.1. The van der Waals surface area contributed by atoms with Crippen LogP contribution in [0.5, 0.6) is 0 Å². The molecule has 2 heterocycles. The predicted molar refractivity (Wildman–Crippen MR) is 77.2 cm³/mol. The SMILES string of the molecule is CCCCCC1C(F)=C(O)C(=O)N1CCCn1ccnc1. The Kier molecular flexibility index (Phi) is 5.36. The van der Waals surface area contributed by atoms with Gasteiger partial charge >= 0.3 is 0 Å². The third kappa shape index (κ3) is 3.62. The fraction of sp³-hybridized carbons (Fsp3) is 0.600. The van der Waals surface area contributed by atoms with E-state index in [0.717, 1.165) is 19.3 Å². The van der Waals surface area contributed by atoms with Crippen molar-refractivity contribution < 1.29 is 14.3 Å². The number of amides is 1. The second-order valence-electron chi connectivity index (χ2n) is 5.36. The minimum atomic E-state index is -0.709. The number of nitrogens with zero attached hydrogens (tertiary/aromatic N) is 3. The summed E-state index contributed by atoms with van der Waals surface area (Å²) in [6.45, 7) is 3.23. The van der Waals surface area contributed by atoms with Gasteiger partial charge in [-0.2, -0.15) is 0 Å². The molecule has 1 atom stereocenters. The number of halogens is 1. The fourth-order valence-corrected chi connectivity index (χ4v) is 2.64. The van der Waals surface area contributed by atoms with E-state index in [1.54, 1.807) is 12.5 Å². The maximum atomic E-state index is 14.0. The van der Waals surface area contributed by atoms with Crippen molar-refractivity contribution in [3.05, 3.63) is 30.3 Å². The van der Waals surface area contributed by atoms with Crippen molar-refractivity contribution in [2.75, 3.05) is 6.54 Å². The summed E-state index contributed by atoms with van der Waals surface area (Å²) >= 11 is 0. The van der Waals surface area contributed by atoms with Crippen LogP contribution in [0, 0.1) is 0 Å². The van der Waals surface area contributed by atoms with Gasteiger partial charge < -0.3 is 14.6 Å². The number of carbonyl (C=O) groups excluding carboxylic acids is 1. The van der Waals surface area contributed by atoms with Gasteiger partial charge in [-0.05, 0) is 12.8 Å². The highest BCUT2D eigenvalue weighted by molar-refractivity contribution is 5.94. The molecule has 0 spiro atoms. The first-order valence-electron chi connectivity index (χ1n) is 7.50. The van der Waals surface area contributed by atoms with E-state index in [1.807, 2.05) is 10.8 Å². The molecule has 0 bridgehead atoms. The minimum Gasteiger partial charge on any atom is -0.501 e. The van der Waals surface area contributed by atoms with Crippen LogP contribution in [0.15, 0.2) is 30.3 Å². The average molecular weight is 295 g/mol. The van der Waals surface area contributed by atoms with Crippen LogP contribution >= 0.6 is 0 Å². The lowest BCUT2D eigenvalue weighted by Crippen LogP contribution is -2.36. The first-order chi connectivity index (χ1) is 10.1. The zero-order valence-electron chi connectivity index (χ0n) is 12.3. The van der Waals surface area contributed by atoms with Gasteiger partial charge in [0.2, 0.25) is 5.76 Å². The summed E-state index contributed by atoms with van der Waals surface area (Å²) in [6, 6.07) is -0.591. The Morgan fingerprint density at radius 2 is 2.14 bits per heavy atom. The van der Waals surface area contributed by atoms with E-state index in [1.165, 1.54) is 4.90 Å². The number of aliphatic hydroxyl groups is 1. The van der Waals surface area contributed by atoms with Crippen LogP contribution in [0.3, 0.4) is 0 Å². The van der Waals surface area contributed by atoms with Crippen LogP contribution in [0.1, 0.15) is 39.0 Å². The summed E-state index contributed by atoms with van der Waals surface area (Å²) in [7, 11) is 0. The molecule has 1 aliphatic heterocycles. The van der Waals surface area contributed by atoms with Gasteiger partial charge in [-0.15, -0.1) is 0 Å². The zero-order chi connectivity index (χ0) is 15.2. The van der Waals surface area contributed by atoms with Crippen molar-refractivity contribution in [2.45, 2.75) is 51.6 Å². The molecule has 0 aliphatic carbocycles. The Morgan fingerprint density at radius 1 is 1.33 bits per heavy atom. The van der Waals surface area contributed by atoms with E-state index in [-0.39, 0.29) is 0 Å². The highest BCUT2D eigenvalue weighted by Crippen LogP contribution is 2.29. The molecule has 0 fully saturated rings. The van der Waals surface area contributed by atoms with Gasteiger partial charge in [0, 0.05) is 25.5 Å². The number of aryl methyl sites for hydroxylation is 1. The first-order valence-corrected chi connectivity index (χ1v) is 7.50. The predicted octanol–water partition coefficient (Wildman–Crippen LogP) is 2.80. The van der Waals surface area contributed by atoms with E-state index >= 15 is 0 Å². The summed E-state index contributed by atoms with van der Waals surface area (Å²) in [5, 5.41) is 9.55. The Morgan fingerprint density at radius 3 is 2.81 bits per heavy atom. The van der Waals surface area contributed by atoms with Crippen molar-refractivity contribution in [1.29, 1.82) is 0 Å². The summed E-state index contributed by atoms with van der Waals surface area (Å²) in [5.74, 6) is -1.96. The molecule has 5 nitrogen and oxygen atoms in total. The third-order valence-electron chi connectivity index (χ3n) is 3.81. The van der Waals surface area contributed by atoms with E-state index in [4.69, 9.17) is 0 Å². The van der Waals surface area contributed by atoms with Crippen LogP contribution in [0.4, 0.5) is 4.39 Å².